The minimum atomic E-state index is -1.46. The third-order valence-electron chi connectivity index (χ3n) is 11.6. The highest BCUT2D eigenvalue weighted by Gasteiger charge is 2.65. The summed E-state index contributed by atoms with van der Waals surface area (Å²) in [5.41, 5.74) is 2.41. The standard InChI is InChI=1S/C46H57N3O10S/c1-5-24-48(45(52)58-34-16-14-32(15-17-34)49(53)54)42-30-40(47-56-7-3)38-28-31(12-8-10-25-50)37(13-9-11-26-51)43-39-29-35(57-33-18-21-36(60-4)22-19-33)20-23-41(39)59-46(42,44(38)43)55-27-6-2/h6,14-23,28-29,31,37,42-44,50-51H,2,5,7-13,24-27,30H2,1,3-4H3. The lowest BCUT2D eigenvalue weighted by molar-refractivity contribution is -0.384. The molecule has 2 N–H and O–H groups in total. The Balaban J connectivity index is 1.54. The molecular weight excluding hydrogens is 787 g/mol. The van der Waals surface area contributed by atoms with Gasteiger partial charge in [-0.05, 0) is 117 Å². The Hall–Kier alpha value is -4.89. The van der Waals surface area contributed by atoms with Crippen LogP contribution in [0.1, 0.15) is 76.7 Å². The fraction of sp³-hybridized carbons (Fsp3) is 0.478. The van der Waals surface area contributed by atoms with E-state index in [0.29, 0.717) is 48.8 Å². The summed E-state index contributed by atoms with van der Waals surface area (Å²) < 4.78 is 26.7. The van der Waals surface area contributed by atoms with E-state index in [1.807, 2.05) is 56.5 Å². The number of carbonyl (C=O) groups excluding carboxylic acids is 1. The van der Waals surface area contributed by atoms with Crippen molar-refractivity contribution in [2.24, 2.45) is 22.9 Å². The van der Waals surface area contributed by atoms with Gasteiger partial charge in [-0.25, -0.2) is 4.79 Å². The van der Waals surface area contributed by atoms with E-state index in [2.05, 4.69) is 18.7 Å². The van der Waals surface area contributed by atoms with Crippen LogP contribution in [0.5, 0.6) is 23.0 Å². The summed E-state index contributed by atoms with van der Waals surface area (Å²) in [7, 11) is 0. The van der Waals surface area contributed by atoms with Crippen LogP contribution < -0.4 is 14.2 Å². The number of ether oxygens (including phenoxy) is 4. The number of unbranched alkanes of at least 4 members (excludes halogenated alkanes) is 2. The zero-order chi connectivity index (χ0) is 42.6. The van der Waals surface area contributed by atoms with Gasteiger partial charge in [-0.15, -0.1) is 18.3 Å². The number of nitrogens with zero attached hydrogens (tertiary/aromatic N) is 3. The third-order valence-corrected chi connectivity index (χ3v) is 12.3. The number of nitro benzene ring substituents is 1. The van der Waals surface area contributed by atoms with E-state index < -0.39 is 28.8 Å². The topological polar surface area (TPSA) is 162 Å². The fourth-order valence-corrected chi connectivity index (χ4v) is 9.45. The van der Waals surface area contributed by atoms with Gasteiger partial charge in [0.15, 0.2) is 0 Å². The first-order chi connectivity index (χ1) is 29.2. The molecule has 0 radical (unpaired) electrons. The van der Waals surface area contributed by atoms with Crippen LogP contribution in [0.25, 0.3) is 0 Å². The Morgan fingerprint density at radius 3 is 2.37 bits per heavy atom. The third kappa shape index (κ3) is 9.83. The minimum Gasteiger partial charge on any atom is -0.459 e. The molecule has 3 aliphatic rings. The Bertz CT molecular complexity index is 1990. The molecule has 1 saturated carbocycles. The summed E-state index contributed by atoms with van der Waals surface area (Å²) in [5, 5.41) is 35.9. The molecule has 13 nitrogen and oxygen atoms in total. The Morgan fingerprint density at radius 1 is 1.02 bits per heavy atom. The molecule has 1 heterocycles. The summed E-state index contributed by atoms with van der Waals surface area (Å²) in [4.78, 5) is 34.0. The number of nitro groups is 1. The van der Waals surface area contributed by atoms with Crippen LogP contribution in [0.2, 0.25) is 0 Å². The summed E-state index contributed by atoms with van der Waals surface area (Å²) in [6.45, 7) is 8.72. The molecule has 6 rings (SSSR count). The molecule has 6 atom stereocenters. The van der Waals surface area contributed by atoms with Crippen molar-refractivity contribution in [3.63, 3.8) is 0 Å². The van der Waals surface area contributed by atoms with E-state index >= 15 is 0 Å². The monoisotopic (exact) mass is 843 g/mol. The summed E-state index contributed by atoms with van der Waals surface area (Å²) >= 11 is 1.66. The zero-order valence-electron chi connectivity index (χ0n) is 34.7. The maximum absolute atomic E-state index is 14.5. The second kappa shape index (κ2) is 21.1. The number of oxime groups is 1. The molecule has 3 aromatic carbocycles. The van der Waals surface area contributed by atoms with Gasteiger partial charge in [-0.2, -0.15) is 0 Å². The average Bonchev–Trinajstić information content (AvgIpc) is 3.26. The lowest BCUT2D eigenvalue weighted by Crippen LogP contribution is -2.70. The van der Waals surface area contributed by atoms with E-state index in [0.717, 1.165) is 41.7 Å². The van der Waals surface area contributed by atoms with Crippen molar-refractivity contribution < 1.29 is 43.7 Å². The van der Waals surface area contributed by atoms with Gasteiger partial charge in [0.2, 0.25) is 5.79 Å². The first kappa shape index (κ1) is 44.7. The molecule has 3 aromatic rings. The first-order valence-electron chi connectivity index (χ1n) is 21.0. The average molecular weight is 844 g/mol. The van der Waals surface area contributed by atoms with E-state index in [1.165, 1.54) is 24.3 Å². The number of thioether (sulfide) groups is 1. The number of hydrogen-bond donors (Lipinski definition) is 2. The highest BCUT2D eigenvalue weighted by Crippen LogP contribution is 2.62. The Labute approximate surface area is 356 Å². The van der Waals surface area contributed by atoms with Gasteiger partial charge in [0.05, 0.1) is 23.2 Å². The predicted molar refractivity (Wildman–Crippen MR) is 231 cm³/mol. The largest absolute Gasteiger partial charge is 0.459 e. The number of allylic oxidation sites excluding steroid dienone is 1. The maximum Gasteiger partial charge on any atom is 0.415 e. The van der Waals surface area contributed by atoms with Gasteiger partial charge in [0.1, 0.15) is 35.6 Å². The molecule has 2 aliphatic carbocycles. The number of benzene rings is 3. The smallest absolute Gasteiger partial charge is 0.415 e. The van der Waals surface area contributed by atoms with Crippen LogP contribution in [0.4, 0.5) is 10.5 Å². The van der Waals surface area contributed by atoms with Crippen molar-refractivity contribution in [2.45, 2.75) is 87.9 Å². The van der Waals surface area contributed by atoms with Crippen LogP contribution >= 0.6 is 11.8 Å². The molecular formula is C46H57N3O10S. The fourth-order valence-electron chi connectivity index (χ4n) is 9.04. The van der Waals surface area contributed by atoms with Crippen molar-refractivity contribution in [3.8, 4) is 23.0 Å². The maximum atomic E-state index is 14.5. The predicted octanol–water partition coefficient (Wildman–Crippen LogP) is 9.67. The van der Waals surface area contributed by atoms with Gasteiger partial charge in [-0.3, -0.25) is 15.0 Å². The number of aliphatic hydroxyl groups is 2. The number of carbonyl (C=O) groups is 1. The zero-order valence-corrected chi connectivity index (χ0v) is 35.5. The number of fused-ring (bicyclic) bond motifs is 2. The summed E-state index contributed by atoms with van der Waals surface area (Å²) in [5.74, 6) is 0.00455. The normalized spacial score (nSPS) is 23.4. The Morgan fingerprint density at radius 2 is 1.72 bits per heavy atom. The molecule has 322 valence electrons. The second-order valence-electron chi connectivity index (χ2n) is 15.3. The number of rotatable bonds is 21. The molecule has 0 spiro atoms. The molecule has 6 unspecified atom stereocenters. The number of hydrogen-bond acceptors (Lipinski definition) is 12. The molecule has 1 amide bonds. The number of aliphatic hydroxyl groups excluding tert-OH is 2. The minimum absolute atomic E-state index is 0.0354. The molecule has 0 bridgehead atoms. The van der Waals surface area contributed by atoms with Crippen LogP contribution in [-0.2, 0) is 9.57 Å². The number of amides is 1. The van der Waals surface area contributed by atoms with E-state index in [1.54, 1.807) is 22.7 Å². The van der Waals surface area contributed by atoms with Crippen molar-refractivity contribution in [1.29, 1.82) is 0 Å². The quantitative estimate of drug-likeness (QED) is 0.0345. The molecule has 1 fully saturated rings. The van der Waals surface area contributed by atoms with Gasteiger partial charge < -0.3 is 34.0 Å². The number of non-ortho nitro benzene ring substituents is 1. The molecule has 14 heteroatoms. The van der Waals surface area contributed by atoms with Gasteiger partial charge in [0, 0.05) is 54.7 Å². The van der Waals surface area contributed by atoms with Crippen LogP contribution in [0, 0.1) is 27.9 Å². The van der Waals surface area contributed by atoms with Crippen LogP contribution in [0.15, 0.2) is 101 Å². The van der Waals surface area contributed by atoms with Crippen LogP contribution in [-0.4, -0.2) is 82.9 Å². The van der Waals surface area contributed by atoms with Crippen molar-refractivity contribution in [2.75, 3.05) is 39.2 Å². The lowest BCUT2D eigenvalue weighted by Gasteiger charge is -2.59. The van der Waals surface area contributed by atoms with Crippen molar-refractivity contribution in [1.82, 2.24) is 4.90 Å². The molecule has 60 heavy (non-hydrogen) atoms. The van der Waals surface area contributed by atoms with Gasteiger partial charge >= 0.3 is 6.09 Å². The Kier molecular flexibility index (Phi) is 15.7. The van der Waals surface area contributed by atoms with Crippen LogP contribution in [0.3, 0.4) is 0 Å². The van der Waals surface area contributed by atoms with Crippen molar-refractivity contribution >= 4 is 29.3 Å². The van der Waals surface area contributed by atoms with Gasteiger partial charge in [0.25, 0.3) is 5.69 Å². The lowest BCUT2D eigenvalue weighted by atomic mass is 9.55. The van der Waals surface area contributed by atoms with E-state index in [-0.39, 0.29) is 62.0 Å². The highest BCUT2D eigenvalue weighted by molar-refractivity contribution is 7.98. The first-order valence-corrected chi connectivity index (χ1v) is 22.2. The molecule has 0 saturated heterocycles. The van der Waals surface area contributed by atoms with Gasteiger partial charge in [-0.1, -0.05) is 37.1 Å². The molecule has 1 aliphatic heterocycles. The van der Waals surface area contributed by atoms with E-state index in [4.69, 9.17) is 28.9 Å². The highest BCUT2D eigenvalue weighted by atomic mass is 32.2. The molecule has 0 aromatic heterocycles. The summed E-state index contributed by atoms with van der Waals surface area (Å²) in [6.07, 6.45) is 10.6. The SMILES string of the molecule is C=CCOC12Oc3ccc(Oc4ccc(SC)cc4)cc3C3C(CCCCO)C(CCCCO)C=C(C(=NOCC)CC1N(CCC)C(=O)Oc1ccc([N+](=O)[O-])cc1)C32. The summed E-state index contributed by atoms with van der Waals surface area (Å²) in [6, 6.07) is 18.4. The van der Waals surface area contributed by atoms with Crippen molar-refractivity contribution in [3.05, 3.63) is 107 Å². The van der Waals surface area contributed by atoms with E-state index in [9.17, 15) is 25.1 Å². The second-order valence-corrected chi connectivity index (χ2v) is 16.2.